The predicted octanol–water partition coefficient (Wildman–Crippen LogP) is 0.279. The van der Waals surface area contributed by atoms with E-state index in [4.69, 9.17) is 5.73 Å². The van der Waals surface area contributed by atoms with Crippen molar-refractivity contribution in [3.05, 3.63) is 17.2 Å². The summed E-state index contributed by atoms with van der Waals surface area (Å²) in [7, 11) is 0. The number of nitrogens with two attached hydrogens (primary N) is 1. The van der Waals surface area contributed by atoms with Gasteiger partial charge in [-0.3, -0.25) is 0 Å². The standard InChI is InChI=1S/C9H15N3O/c1-5(13)9-11-7-3-2-6(10)4-8(7)12-9/h5-6,13H,2-4,10H2,1H3,(H,11,12). The van der Waals surface area contributed by atoms with Crippen molar-refractivity contribution >= 4 is 0 Å². The van der Waals surface area contributed by atoms with Crippen LogP contribution in [0.5, 0.6) is 0 Å². The molecule has 2 unspecified atom stereocenters. The molecule has 0 bridgehead atoms. The number of H-pyrrole nitrogens is 1. The number of aromatic amines is 1. The molecular weight excluding hydrogens is 166 g/mol. The van der Waals surface area contributed by atoms with Gasteiger partial charge in [0, 0.05) is 18.2 Å². The fourth-order valence-corrected chi connectivity index (χ4v) is 1.73. The lowest BCUT2D eigenvalue weighted by Gasteiger charge is -2.15. The van der Waals surface area contributed by atoms with Gasteiger partial charge in [0.15, 0.2) is 0 Å². The van der Waals surface area contributed by atoms with E-state index >= 15 is 0 Å². The molecule has 1 aromatic heterocycles. The number of aryl methyl sites for hydroxylation is 1. The minimum Gasteiger partial charge on any atom is -0.385 e. The van der Waals surface area contributed by atoms with E-state index in [9.17, 15) is 5.11 Å². The lowest BCUT2D eigenvalue weighted by atomic mass is 9.97. The third-order valence-corrected chi connectivity index (χ3v) is 2.50. The Balaban J connectivity index is 2.28. The fourth-order valence-electron chi connectivity index (χ4n) is 1.73. The average molecular weight is 181 g/mol. The highest BCUT2D eigenvalue weighted by molar-refractivity contribution is 5.20. The van der Waals surface area contributed by atoms with Gasteiger partial charge in [-0.25, -0.2) is 4.98 Å². The third-order valence-electron chi connectivity index (χ3n) is 2.50. The molecule has 72 valence electrons. The number of hydrogen-bond acceptors (Lipinski definition) is 3. The van der Waals surface area contributed by atoms with E-state index in [1.807, 2.05) is 0 Å². The van der Waals surface area contributed by atoms with Gasteiger partial charge in [-0.2, -0.15) is 0 Å². The number of nitrogens with zero attached hydrogens (tertiary/aromatic N) is 1. The number of aliphatic hydroxyl groups is 1. The van der Waals surface area contributed by atoms with Crippen LogP contribution in [0.2, 0.25) is 0 Å². The first-order valence-electron chi connectivity index (χ1n) is 4.68. The zero-order valence-corrected chi connectivity index (χ0v) is 7.75. The van der Waals surface area contributed by atoms with Crippen LogP contribution in [0.4, 0.5) is 0 Å². The van der Waals surface area contributed by atoms with Crippen molar-refractivity contribution in [1.29, 1.82) is 0 Å². The van der Waals surface area contributed by atoms with Crippen molar-refractivity contribution in [2.75, 3.05) is 0 Å². The van der Waals surface area contributed by atoms with Crippen LogP contribution in [0.15, 0.2) is 0 Å². The van der Waals surface area contributed by atoms with Crippen LogP contribution in [0, 0.1) is 0 Å². The fraction of sp³-hybridized carbons (Fsp3) is 0.667. The smallest absolute Gasteiger partial charge is 0.135 e. The van der Waals surface area contributed by atoms with E-state index in [-0.39, 0.29) is 6.04 Å². The SMILES string of the molecule is CC(O)c1nc2c([nH]1)CC(N)CC2. The van der Waals surface area contributed by atoms with Gasteiger partial charge in [-0.05, 0) is 19.8 Å². The quantitative estimate of drug-likeness (QED) is 0.582. The molecule has 0 amide bonds. The molecule has 0 saturated heterocycles. The zero-order chi connectivity index (χ0) is 9.42. The Morgan fingerprint density at radius 3 is 3.15 bits per heavy atom. The molecule has 1 aliphatic carbocycles. The first kappa shape index (κ1) is 8.72. The summed E-state index contributed by atoms with van der Waals surface area (Å²) in [6.07, 6.45) is 2.27. The second-order valence-electron chi connectivity index (χ2n) is 3.73. The van der Waals surface area contributed by atoms with Gasteiger partial charge >= 0.3 is 0 Å². The predicted molar refractivity (Wildman–Crippen MR) is 49.2 cm³/mol. The van der Waals surface area contributed by atoms with Gasteiger partial charge in [0.2, 0.25) is 0 Å². The first-order valence-corrected chi connectivity index (χ1v) is 4.68. The van der Waals surface area contributed by atoms with Gasteiger partial charge in [-0.15, -0.1) is 0 Å². The number of rotatable bonds is 1. The molecule has 13 heavy (non-hydrogen) atoms. The maximum Gasteiger partial charge on any atom is 0.135 e. The lowest BCUT2D eigenvalue weighted by Crippen LogP contribution is -2.27. The normalized spacial score (nSPS) is 24.1. The Kier molecular flexibility index (Phi) is 2.09. The number of hydrogen-bond donors (Lipinski definition) is 3. The average Bonchev–Trinajstić information content (AvgIpc) is 2.46. The number of nitrogens with one attached hydrogen (secondary N) is 1. The van der Waals surface area contributed by atoms with Crippen molar-refractivity contribution in [1.82, 2.24) is 9.97 Å². The number of imidazole rings is 1. The van der Waals surface area contributed by atoms with E-state index in [1.165, 1.54) is 0 Å². The summed E-state index contributed by atoms with van der Waals surface area (Å²) in [5.74, 6) is 0.666. The van der Waals surface area contributed by atoms with Crippen molar-refractivity contribution in [3.8, 4) is 0 Å². The highest BCUT2D eigenvalue weighted by Gasteiger charge is 2.20. The Hall–Kier alpha value is -0.870. The Labute approximate surface area is 77.2 Å². The van der Waals surface area contributed by atoms with E-state index < -0.39 is 6.10 Å². The molecule has 1 aromatic rings. The molecule has 0 radical (unpaired) electrons. The molecule has 0 spiro atoms. The Bertz CT molecular complexity index is 306. The van der Waals surface area contributed by atoms with Crippen molar-refractivity contribution in [2.45, 2.75) is 38.3 Å². The maximum absolute atomic E-state index is 9.31. The third kappa shape index (κ3) is 1.59. The topological polar surface area (TPSA) is 74.9 Å². The number of fused-ring (bicyclic) bond motifs is 1. The molecule has 2 rings (SSSR count). The highest BCUT2D eigenvalue weighted by atomic mass is 16.3. The molecule has 4 nitrogen and oxygen atoms in total. The molecule has 2 atom stereocenters. The Morgan fingerprint density at radius 1 is 1.69 bits per heavy atom. The maximum atomic E-state index is 9.31. The van der Waals surface area contributed by atoms with Crippen molar-refractivity contribution in [2.24, 2.45) is 5.73 Å². The molecule has 0 fully saturated rings. The van der Waals surface area contributed by atoms with E-state index in [2.05, 4.69) is 9.97 Å². The first-order chi connectivity index (χ1) is 6.16. The molecule has 4 N–H and O–H groups in total. The van der Waals surface area contributed by atoms with Gasteiger partial charge in [-0.1, -0.05) is 0 Å². The molecule has 1 aliphatic rings. The lowest BCUT2D eigenvalue weighted by molar-refractivity contribution is 0.190. The monoisotopic (exact) mass is 181 g/mol. The summed E-state index contributed by atoms with van der Waals surface area (Å²) in [6, 6.07) is 0.245. The van der Waals surface area contributed by atoms with Crippen LogP contribution >= 0.6 is 0 Å². The van der Waals surface area contributed by atoms with Crippen LogP contribution in [0.25, 0.3) is 0 Å². The molecule has 0 aliphatic heterocycles. The van der Waals surface area contributed by atoms with E-state index in [0.717, 1.165) is 30.7 Å². The van der Waals surface area contributed by atoms with Crippen LogP contribution in [0.1, 0.15) is 36.7 Å². The summed E-state index contributed by atoms with van der Waals surface area (Å²) in [5, 5.41) is 9.31. The molecule has 0 aromatic carbocycles. The molecule has 0 saturated carbocycles. The minimum atomic E-state index is -0.512. The Morgan fingerprint density at radius 2 is 2.46 bits per heavy atom. The van der Waals surface area contributed by atoms with Crippen LogP contribution in [-0.4, -0.2) is 21.1 Å². The van der Waals surface area contributed by atoms with Crippen LogP contribution in [-0.2, 0) is 12.8 Å². The summed E-state index contributed by atoms with van der Waals surface area (Å²) in [5.41, 5.74) is 8.01. The summed E-state index contributed by atoms with van der Waals surface area (Å²) < 4.78 is 0. The van der Waals surface area contributed by atoms with E-state index in [1.54, 1.807) is 6.92 Å². The van der Waals surface area contributed by atoms with Crippen LogP contribution in [0.3, 0.4) is 0 Å². The van der Waals surface area contributed by atoms with Gasteiger partial charge in [0.1, 0.15) is 11.9 Å². The summed E-state index contributed by atoms with van der Waals surface area (Å²) in [4.78, 5) is 7.45. The minimum absolute atomic E-state index is 0.245. The molecule has 1 heterocycles. The molecule has 4 heteroatoms. The second-order valence-corrected chi connectivity index (χ2v) is 3.73. The van der Waals surface area contributed by atoms with Gasteiger partial charge in [0.05, 0.1) is 5.69 Å². The highest BCUT2D eigenvalue weighted by Crippen LogP contribution is 2.20. The largest absolute Gasteiger partial charge is 0.385 e. The zero-order valence-electron chi connectivity index (χ0n) is 7.75. The molecular formula is C9H15N3O. The van der Waals surface area contributed by atoms with Crippen LogP contribution < -0.4 is 5.73 Å². The van der Waals surface area contributed by atoms with Gasteiger partial charge < -0.3 is 15.8 Å². The van der Waals surface area contributed by atoms with Crippen molar-refractivity contribution in [3.63, 3.8) is 0 Å². The van der Waals surface area contributed by atoms with E-state index in [0.29, 0.717) is 5.82 Å². The summed E-state index contributed by atoms with van der Waals surface area (Å²) >= 11 is 0. The summed E-state index contributed by atoms with van der Waals surface area (Å²) in [6.45, 7) is 1.71. The van der Waals surface area contributed by atoms with Gasteiger partial charge in [0.25, 0.3) is 0 Å². The van der Waals surface area contributed by atoms with Crippen molar-refractivity contribution < 1.29 is 5.11 Å². The number of aromatic nitrogens is 2. The second kappa shape index (κ2) is 3.12. The number of aliphatic hydroxyl groups excluding tert-OH is 1.